The first-order valence-electron chi connectivity index (χ1n) is 6.87. The molecular formula is C16H26N2. The van der Waals surface area contributed by atoms with Gasteiger partial charge in [-0.05, 0) is 40.2 Å². The Morgan fingerprint density at radius 3 is 2.00 bits per heavy atom. The molecule has 0 aromatic heterocycles. The van der Waals surface area contributed by atoms with Crippen molar-refractivity contribution in [2.75, 3.05) is 13.1 Å². The van der Waals surface area contributed by atoms with E-state index in [4.69, 9.17) is 0 Å². The monoisotopic (exact) mass is 246 g/mol. The second kappa shape index (κ2) is 4.67. The normalized spacial score (nSPS) is 24.7. The Bertz CT molecular complexity index is 379. The van der Waals surface area contributed by atoms with Gasteiger partial charge >= 0.3 is 0 Å². The summed E-state index contributed by atoms with van der Waals surface area (Å²) in [6.45, 7) is 13.7. The first-order chi connectivity index (χ1) is 8.29. The van der Waals surface area contributed by atoms with Gasteiger partial charge in [-0.1, -0.05) is 30.3 Å². The van der Waals surface area contributed by atoms with Gasteiger partial charge in [-0.25, -0.2) is 0 Å². The smallest absolute Gasteiger partial charge is 0.0321 e. The van der Waals surface area contributed by atoms with Gasteiger partial charge in [0, 0.05) is 30.2 Å². The van der Waals surface area contributed by atoms with Crippen LogP contribution in [0.3, 0.4) is 0 Å². The van der Waals surface area contributed by atoms with Crippen LogP contribution in [0.5, 0.6) is 0 Å². The second-order valence-electron chi connectivity index (χ2n) is 6.88. The third kappa shape index (κ3) is 3.12. The van der Waals surface area contributed by atoms with Crippen molar-refractivity contribution in [3.63, 3.8) is 0 Å². The van der Waals surface area contributed by atoms with Crippen molar-refractivity contribution in [1.29, 1.82) is 0 Å². The van der Waals surface area contributed by atoms with Crippen molar-refractivity contribution >= 4 is 0 Å². The largest absolute Gasteiger partial charge is 0.304 e. The average molecular weight is 246 g/mol. The van der Waals surface area contributed by atoms with E-state index in [1.165, 1.54) is 5.56 Å². The minimum Gasteiger partial charge on any atom is -0.304 e. The van der Waals surface area contributed by atoms with E-state index in [-0.39, 0.29) is 11.1 Å². The highest BCUT2D eigenvalue weighted by Crippen LogP contribution is 2.28. The van der Waals surface area contributed by atoms with Crippen LogP contribution in [-0.2, 0) is 0 Å². The van der Waals surface area contributed by atoms with Crippen LogP contribution in [0.15, 0.2) is 30.3 Å². The minimum absolute atomic E-state index is 0.171. The van der Waals surface area contributed by atoms with E-state index in [1.807, 2.05) is 0 Å². The average Bonchev–Trinajstić information content (AvgIpc) is 2.25. The molecule has 1 heterocycles. The van der Waals surface area contributed by atoms with E-state index in [9.17, 15) is 0 Å². The molecule has 0 aliphatic carbocycles. The minimum atomic E-state index is 0.171. The molecule has 1 aliphatic rings. The van der Waals surface area contributed by atoms with Gasteiger partial charge in [0.15, 0.2) is 0 Å². The molecule has 100 valence electrons. The Labute approximate surface area is 111 Å². The molecule has 1 atom stereocenters. The second-order valence-corrected chi connectivity index (χ2v) is 6.88. The maximum atomic E-state index is 3.73. The van der Waals surface area contributed by atoms with Crippen LogP contribution in [0, 0.1) is 0 Å². The van der Waals surface area contributed by atoms with Crippen molar-refractivity contribution in [2.24, 2.45) is 0 Å². The molecule has 0 radical (unpaired) electrons. The van der Waals surface area contributed by atoms with Gasteiger partial charge in [0.2, 0.25) is 0 Å². The highest BCUT2D eigenvalue weighted by Gasteiger charge is 2.38. The molecule has 1 aromatic carbocycles. The van der Waals surface area contributed by atoms with Gasteiger partial charge in [-0.3, -0.25) is 4.90 Å². The lowest BCUT2D eigenvalue weighted by Gasteiger charge is -2.50. The molecular weight excluding hydrogens is 220 g/mol. The first-order valence-corrected chi connectivity index (χ1v) is 6.87. The quantitative estimate of drug-likeness (QED) is 0.862. The Morgan fingerprint density at radius 1 is 1.00 bits per heavy atom. The van der Waals surface area contributed by atoms with Crippen LogP contribution >= 0.6 is 0 Å². The summed E-state index contributed by atoms with van der Waals surface area (Å²) in [6, 6.07) is 11.3. The molecule has 0 bridgehead atoms. The van der Waals surface area contributed by atoms with Crippen LogP contribution in [0.2, 0.25) is 0 Å². The van der Waals surface area contributed by atoms with Gasteiger partial charge < -0.3 is 5.32 Å². The number of nitrogens with one attached hydrogen (secondary N) is 1. The van der Waals surface area contributed by atoms with Crippen LogP contribution in [0.1, 0.15) is 46.2 Å². The third-order valence-electron chi connectivity index (χ3n) is 3.70. The number of piperazine rings is 1. The standard InChI is InChI=1S/C16H26N2/c1-13(14-9-7-6-8-10-14)18-11-15(2,3)17-16(4,5)12-18/h6-10,13,17H,11-12H2,1-5H3. The Morgan fingerprint density at radius 2 is 1.50 bits per heavy atom. The number of rotatable bonds is 2. The highest BCUT2D eigenvalue weighted by atomic mass is 15.3. The zero-order valence-corrected chi connectivity index (χ0v) is 12.3. The molecule has 1 aliphatic heterocycles. The molecule has 2 heteroatoms. The molecule has 1 saturated heterocycles. The summed E-state index contributed by atoms with van der Waals surface area (Å²) in [6.07, 6.45) is 0. The van der Waals surface area contributed by atoms with Crippen molar-refractivity contribution in [2.45, 2.75) is 51.7 Å². The van der Waals surface area contributed by atoms with Gasteiger partial charge in [0.1, 0.15) is 0 Å². The third-order valence-corrected chi connectivity index (χ3v) is 3.70. The van der Waals surface area contributed by atoms with E-state index >= 15 is 0 Å². The van der Waals surface area contributed by atoms with E-state index in [0.29, 0.717) is 6.04 Å². The van der Waals surface area contributed by atoms with Crippen molar-refractivity contribution in [1.82, 2.24) is 10.2 Å². The SMILES string of the molecule is CC(c1ccccc1)N1CC(C)(C)NC(C)(C)C1. The van der Waals surface area contributed by atoms with Gasteiger partial charge in [-0.2, -0.15) is 0 Å². The lowest BCUT2D eigenvalue weighted by Crippen LogP contribution is -2.66. The van der Waals surface area contributed by atoms with E-state index < -0.39 is 0 Å². The summed E-state index contributed by atoms with van der Waals surface area (Å²) in [7, 11) is 0. The predicted molar refractivity (Wildman–Crippen MR) is 77.7 cm³/mol. The molecule has 18 heavy (non-hydrogen) atoms. The zero-order chi connectivity index (χ0) is 13.4. The van der Waals surface area contributed by atoms with Crippen LogP contribution in [0.25, 0.3) is 0 Å². The zero-order valence-electron chi connectivity index (χ0n) is 12.3. The summed E-state index contributed by atoms with van der Waals surface area (Å²) in [4.78, 5) is 2.59. The molecule has 0 amide bonds. The van der Waals surface area contributed by atoms with Crippen LogP contribution < -0.4 is 5.32 Å². The lowest BCUT2D eigenvalue weighted by atomic mass is 9.89. The molecule has 1 unspecified atom stereocenters. The molecule has 2 nitrogen and oxygen atoms in total. The fraction of sp³-hybridized carbons (Fsp3) is 0.625. The number of hydrogen-bond donors (Lipinski definition) is 1. The van der Waals surface area contributed by atoms with Gasteiger partial charge in [-0.15, -0.1) is 0 Å². The molecule has 1 aromatic rings. The van der Waals surface area contributed by atoms with Crippen molar-refractivity contribution in [3.8, 4) is 0 Å². The maximum absolute atomic E-state index is 3.73. The molecule has 2 rings (SSSR count). The molecule has 0 spiro atoms. The Kier molecular flexibility index (Phi) is 3.52. The van der Waals surface area contributed by atoms with Crippen molar-refractivity contribution in [3.05, 3.63) is 35.9 Å². The Hall–Kier alpha value is -0.860. The summed E-state index contributed by atoms with van der Waals surface area (Å²) in [5.74, 6) is 0. The topological polar surface area (TPSA) is 15.3 Å². The summed E-state index contributed by atoms with van der Waals surface area (Å²) < 4.78 is 0. The predicted octanol–water partition coefficient (Wildman–Crippen LogP) is 3.21. The number of nitrogens with zero attached hydrogens (tertiary/aromatic N) is 1. The summed E-state index contributed by atoms with van der Waals surface area (Å²) in [5, 5.41) is 3.73. The Balaban J connectivity index is 2.18. The fourth-order valence-corrected chi connectivity index (χ4v) is 3.28. The number of hydrogen-bond acceptors (Lipinski definition) is 2. The highest BCUT2D eigenvalue weighted by molar-refractivity contribution is 5.19. The van der Waals surface area contributed by atoms with E-state index in [1.54, 1.807) is 0 Å². The summed E-state index contributed by atoms with van der Waals surface area (Å²) >= 11 is 0. The molecule has 0 saturated carbocycles. The van der Waals surface area contributed by atoms with Crippen molar-refractivity contribution < 1.29 is 0 Å². The first kappa shape index (κ1) is 13.6. The maximum Gasteiger partial charge on any atom is 0.0321 e. The molecule has 1 N–H and O–H groups in total. The van der Waals surface area contributed by atoms with E-state index in [2.05, 4.69) is 75.2 Å². The summed E-state index contributed by atoms with van der Waals surface area (Å²) in [5.41, 5.74) is 1.75. The fourth-order valence-electron chi connectivity index (χ4n) is 3.28. The lowest BCUT2D eigenvalue weighted by molar-refractivity contribution is 0.0508. The van der Waals surface area contributed by atoms with Crippen LogP contribution in [0.4, 0.5) is 0 Å². The van der Waals surface area contributed by atoms with Gasteiger partial charge in [0.05, 0.1) is 0 Å². The number of benzene rings is 1. The molecule has 1 fully saturated rings. The van der Waals surface area contributed by atoms with E-state index in [0.717, 1.165) is 13.1 Å². The van der Waals surface area contributed by atoms with Crippen LogP contribution in [-0.4, -0.2) is 29.1 Å². The van der Waals surface area contributed by atoms with Gasteiger partial charge in [0.25, 0.3) is 0 Å².